The predicted molar refractivity (Wildman–Crippen MR) is 173 cm³/mol. The smallest absolute Gasteiger partial charge is 0.247 e. The van der Waals surface area contributed by atoms with Gasteiger partial charge in [0, 0.05) is 26.1 Å². The number of hydrogen-bond donors (Lipinski definition) is 2. The number of nitrogens with one attached hydrogen (secondary N) is 2. The number of aryl methyl sites for hydroxylation is 1. The monoisotopic (exact) mass is 629 g/mol. The van der Waals surface area contributed by atoms with Gasteiger partial charge in [0.25, 0.3) is 0 Å². The number of ether oxygens (including phenoxy) is 2. The molecule has 0 aromatic heterocycles. The minimum Gasteiger partial charge on any atom is -0.497 e. The van der Waals surface area contributed by atoms with Gasteiger partial charge >= 0.3 is 0 Å². The lowest BCUT2D eigenvalue weighted by atomic mass is 10.0. The summed E-state index contributed by atoms with van der Waals surface area (Å²) >= 11 is 0. The molecule has 0 saturated heterocycles. The first-order valence-corrected chi connectivity index (χ1v) is 16.2. The predicted octanol–water partition coefficient (Wildman–Crippen LogP) is 5.02. The fraction of sp³-hybridized carbons (Fsp3) is 0.257. The summed E-state index contributed by atoms with van der Waals surface area (Å²) in [5, 5.41) is 3.02. The van der Waals surface area contributed by atoms with Crippen LogP contribution in [0.3, 0.4) is 0 Å². The number of nitrogens with zero attached hydrogens (tertiary/aromatic N) is 1. The molecule has 0 radical (unpaired) electrons. The van der Waals surface area contributed by atoms with Crippen molar-refractivity contribution in [3.05, 3.63) is 125 Å². The van der Waals surface area contributed by atoms with Crippen LogP contribution in [0.5, 0.6) is 11.5 Å². The molecule has 45 heavy (non-hydrogen) atoms. The van der Waals surface area contributed by atoms with Gasteiger partial charge in [-0.05, 0) is 65.1 Å². The number of sulfonamides is 1. The molecule has 4 aromatic carbocycles. The Hall–Kier alpha value is -4.67. The van der Waals surface area contributed by atoms with E-state index in [1.54, 1.807) is 38.2 Å². The van der Waals surface area contributed by atoms with Crippen molar-refractivity contribution >= 4 is 21.8 Å². The molecule has 4 rings (SSSR count). The number of carbonyl (C=O) groups excluding carboxylic acids is 2. The molecule has 0 bridgehead atoms. The Labute approximate surface area is 265 Å². The van der Waals surface area contributed by atoms with E-state index in [0.717, 1.165) is 22.4 Å². The molecule has 0 spiro atoms. The Balaban J connectivity index is 1.60. The highest BCUT2D eigenvalue weighted by atomic mass is 32.2. The number of hydrogen-bond acceptors (Lipinski definition) is 6. The van der Waals surface area contributed by atoms with E-state index in [9.17, 15) is 18.0 Å². The van der Waals surface area contributed by atoms with Gasteiger partial charge < -0.3 is 19.7 Å². The highest BCUT2D eigenvalue weighted by Crippen LogP contribution is 2.26. The normalized spacial score (nSPS) is 11.8. The van der Waals surface area contributed by atoms with E-state index in [1.165, 1.54) is 12.1 Å². The van der Waals surface area contributed by atoms with E-state index in [2.05, 4.69) is 10.0 Å². The average molecular weight is 630 g/mol. The van der Waals surface area contributed by atoms with Gasteiger partial charge in [0.15, 0.2) is 0 Å². The van der Waals surface area contributed by atoms with Crippen LogP contribution in [0.25, 0.3) is 0 Å². The number of benzene rings is 4. The number of rotatable bonds is 15. The van der Waals surface area contributed by atoms with Gasteiger partial charge in [-0.1, -0.05) is 73.7 Å². The summed E-state index contributed by atoms with van der Waals surface area (Å²) in [4.78, 5) is 29.7. The number of carbonyl (C=O) groups is 2. The molecule has 4 aromatic rings. The molecule has 10 heteroatoms. The maximum Gasteiger partial charge on any atom is 0.247 e. The summed E-state index contributed by atoms with van der Waals surface area (Å²) in [5.74, 6) is 0.881. The van der Waals surface area contributed by atoms with Crippen LogP contribution in [0.4, 0.5) is 0 Å². The Morgan fingerprint density at radius 1 is 0.756 bits per heavy atom. The third-order valence-corrected chi connectivity index (χ3v) is 8.89. The Kier molecular flexibility index (Phi) is 11.7. The molecule has 2 amide bonds. The molecule has 0 fully saturated rings. The molecule has 9 nitrogen and oxygen atoms in total. The maximum atomic E-state index is 14.0. The van der Waals surface area contributed by atoms with Crippen LogP contribution in [0.15, 0.2) is 108 Å². The van der Waals surface area contributed by atoms with Crippen molar-refractivity contribution in [2.45, 2.75) is 43.8 Å². The minimum absolute atomic E-state index is 0.116. The molecule has 236 valence electrons. The highest BCUT2D eigenvalue weighted by molar-refractivity contribution is 7.89. The first-order valence-electron chi connectivity index (χ1n) is 14.7. The summed E-state index contributed by atoms with van der Waals surface area (Å²) < 4.78 is 37.7. The van der Waals surface area contributed by atoms with Crippen LogP contribution in [0.2, 0.25) is 0 Å². The van der Waals surface area contributed by atoms with E-state index >= 15 is 0 Å². The fourth-order valence-electron chi connectivity index (χ4n) is 4.89. The van der Waals surface area contributed by atoms with Crippen molar-refractivity contribution in [1.82, 2.24) is 14.9 Å². The lowest BCUT2D eigenvalue weighted by molar-refractivity contribution is -0.141. The SMILES string of the molecule is CCNS(=O)(=O)c1ccc(CCC(=O)N(Cc2ccc(OC)cc2)[C@H](C(=O)NCc2ccc(OC)cc2)c2ccccc2)cc1. The molecule has 0 saturated carbocycles. The number of methoxy groups -OCH3 is 2. The second-order valence-corrected chi connectivity index (χ2v) is 12.2. The topological polar surface area (TPSA) is 114 Å². The van der Waals surface area contributed by atoms with E-state index in [-0.39, 0.29) is 36.2 Å². The van der Waals surface area contributed by atoms with Crippen molar-refractivity contribution in [2.75, 3.05) is 20.8 Å². The maximum absolute atomic E-state index is 14.0. The van der Waals surface area contributed by atoms with Crippen molar-refractivity contribution in [2.24, 2.45) is 0 Å². The lowest BCUT2D eigenvalue weighted by Crippen LogP contribution is -2.43. The number of amides is 2. The molecule has 2 N–H and O–H groups in total. The molecule has 0 aliphatic rings. The van der Waals surface area contributed by atoms with E-state index in [4.69, 9.17) is 9.47 Å². The van der Waals surface area contributed by atoms with Crippen LogP contribution in [-0.2, 0) is 39.1 Å². The Morgan fingerprint density at radius 2 is 1.31 bits per heavy atom. The summed E-state index contributed by atoms with van der Waals surface area (Å²) in [7, 11) is -0.390. The lowest BCUT2D eigenvalue weighted by Gasteiger charge is -2.32. The summed E-state index contributed by atoms with van der Waals surface area (Å²) in [6.45, 7) is 2.48. The minimum atomic E-state index is -3.58. The molecular formula is C35H39N3O6S. The quantitative estimate of drug-likeness (QED) is 0.191. The third-order valence-electron chi connectivity index (χ3n) is 7.33. The van der Waals surface area contributed by atoms with Gasteiger partial charge in [0.05, 0.1) is 19.1 Å². The second kappa shape index (κ2) is 15.9. The standard InChI is InChI=1S/C35H39N3O6S/c1-4-37-45(41,42)32-21-14-26(15-22-32)16-23-33(39)38(25-28-12-19-31(44-3)20-13-28)34(29-8-6-5-7-9-29)35(40)36-24-27-10-17-30(43-2)18-11-27/h5-15,17-22,34,37H,4,16,23-25H2,1-3H3,(H,36,40)/t34-/m0/s1. The van der Waals surface area contributed by atoms with Gasteiger partial charge in [-0.25, -0.2) is 13.1 Å². The summed E-state index contributed by atoms with van der Waals surface area (Å²) in [6, 6.07) is 29.7. The Morgan fingerprint density at radius 3 is 1.87 bits per heavy atom. The van der Waals surface area contributed by atoms with E-state index in [1.807, 2.05) is 78.9 Å². The zero-order valence-electron chi connectivity index (χ0n) is 25.7. The molecule has 0 heterocycles. The summed E-state index contributed by atoms with van der Waals surface area (Å²) in [5.41, 5.74) is 3.22. The van der Waals surface area contributed by atoms with Crippen LogP contribution in [0, 0.1) is 0 Å². The van der Waals surface area contributed by atoms with Crippen molar-refractivity contribution < 1.29 is 27.5 Å². The zero-order valence-corrected chi connectivity index (χ0v) is 26.5. The van der Waals surface area contributed by atoms with Crippen LogP contribution in [-0.4, -0.2) is 45.9 Å². The van der Waals surface area contributed by atoms with Crippen molar-refractivity contribution in [3.63, 3.8) is 0 Å². The zero-order chi connectivity index (χ0) is 32.2. The molecular weight excluding hydrogens is 590 g/mol. The van der Waals surface area contributed by atoms with Crippen molar-refractivity contribution in [1.29, 1.82) is 0 Å². The first-order chi connectivity index (χ1) is 21.7. The van der Waals surface area contributed by atoms with Gasteiger partial charge in [-0.15, -0.1) is 0 Å². The first kappa shape index (κ1) is 33.2. The fourth-order valence-corrected chi connectivity index (χ4v) is 5.93. The largest absolute Gasteiger partial charge is 0.497 e. The van der Waals surface area contributed by atoms with E-state index in [0.29, 0.717) is 24.3 Å². The van der Waals surface area contributed by atoms with Crippen LogP contribution < -0.4 is 19.5 Å². The van der Waals surface area contributed by atoms with Crippen LogP contribution >= 0.6 is 0 Å². The second-order valence-electron chi connectivity index (χ2n) is 10.4. The average Bonchev–Trinajstić information content (AvgIpc) is 3.07. The van der Waals surface area contributed by atoms with Gasteiger partial charge in [-0.3, -0.25) is 9.59 Å². The van der Waals surface area contributed by atoms with E-state index < -0.39 is 16.1 Å². The molecule has 1 atom stereocenters. The Bertz CT molecular complexity index is 1640. The van der Waals surface area contributed by atoms with Crippen molar-refractivity contribution in [3.8, 4) is 11.5 Å². The van der Waals surface area contributed by atoms with Crippen LogP contribution in [0.1, 0.15) is 41.6 Å². The third kappa shape index (κ3) is 9.17. The van der Waals surface area contributed by atoms with Gasteiger partial charge in [0.2, 0.25) is 21.8 Å². The molecule has 0 aliphatic carbocycles. The molecule has 0 unspecified atom stereocenters. The summed E-state index contributed by atoms with van der Waals surface area (Å²) in [6.07, 6.45) is 0.485. The highest BCUT2D eigenvalue weighted by Gasteiger charge is 2.31. The van der Waals surface area contributed by atoms with Gasteiger partial charge in [-0.2, -0.15) is 0 Å². The molecule has 0 aliphatic heterocycles. The van der Waals surface area contributed by atoms with Gasteiger partial charge in [0.1, 0.15) is 17.5 Å².